The second-order valence-electron chi connectivity index (χ2n) is 14.7. The Morgan fingerprint density at radius 3 is 2.71 bits per heavy atom. The number of benzene rings is 1. The number of ether oxygens (including phenoxy) is 2. The average molecular weight is 678 g/mol. The van der Waals surface area contributed by atoms with Crippen LogP contribution in [0.5, 0.6) is 0 Å². The molecule has 1 amide bonds. The van der Waals surface area contributed by atoms with Gasteiger partial charge >= 0.3 is 6.09 Å². The second kappa shape index (κ2) is 11.2. The third kappa shape index (κ3) is 5.55. The van der Waals surface area contributed by atoms with E-state index >= 15 is 0 Å². The summed E-state index contributed by atoms with van der Waals surface area (Å²) in [4.78, 5) is 24.6. The minimum atomic E-state index is -3.59. The fourth-order valence-electron chi connectivity index (χ4n) is 7.59. The first-order valence-corrected chi connectivity index (χ1v) is 18.0. The molecule has 4 aliphatic rings. The molecular weight excluding hydrogens is 634 g/mol. The van der Waals surface area contributed by atoms with Gasteiger partial charge in [0, 0.05) is 30.5 Å². The van der Waals surface area contributed by atoms with Gasteiger partial charge in [-0.3, -0.25) is 5.10 Å². The maximum absolute atomic E-state index is 12.7. The normalized spacial score (nSPS) is 26.9. The number of amides is 1. The average Bonchev–Trinajstić information content (AvgIpc) is 3.84. The zero-order chi connectivity index (χ0) is 34.1. The van der Waals surface area contributed by atoms with E-state index in [-0.39, 0.29) is 23.7 Å². The number of hydrogen-bond donors (Lipinski definition) is 3. The van der Waals surface area contributed by atoms with Crippen LogP contribution in [0, 0.1) is 12.3 Å². The first-order chi connectivity index (χ1) is 22.6. The third-order valence-electron chi connectivity index (χ3n) is 9.99. The number of alkyl carbamates (subject to hydrolysis) is 1. The summed E-state index contributed by atoms with van der Waals surface area (Å²) in [5.41, 5.74) is 1.97. The lowest BCUT2D eigenvalue weighted by atomic mass is 9.53. The van der Waals surface area contributed by atoms with Crippen LogP contribution in [0.15, 0.2) is 42.6 Å². The molecule has 4 fully saturated rings. The van der Waals surface area contributed by atoms with Gasteiger partial charge < -0.3 is 19.7 Å². The number of anilines is 2. The molecule has 4 atom stereocenters. The highest BCUT2D eigenvalue weighted by molar-refractivity contribution is 7.92. The molecule has 3 N–H and O–H groups in total. The molecule has 48 heavy (non-hydrogen) atoms. The third-order valence-corrected chi connectivity index (χ3v) is 11.2. The van der Waals surface area contributed by atoms with Gasteiger partial charge in [-0.25, -0.2) is 27.4 Å². The van der Waals surface area contributed by atoms with Crippen molar-refractivity contribution in [2.75, 3.05) is 41.6 Å². The van der Waals surface area contributed by atoms with E-state index < -0.39 is 38.7 Å². The van der Waals surface area contributed by atoms with Crippen LogP contribution in [0.2, 0.25) is 0 Å². The van der Waals surface area contributed by atoms with Crippen molar-refractivity contribution in [2.45, 2.75) is 76.9 Å². The molecule has 3 saturated heterocycles. The standard InChI is InChI=1S/C33H43N9O5S/c1-7-48(44,45)40-28-35-25(37-38-28)24-32(18-34-29(43)47-30(3,4)5)17-33(24,46-20-32)27-36-26-21(2)15-23(16-42(26)39-27)41-14-13-31(6,19-41)22-11-9-8-10-12-22/h8-12,15-16,24H,7,13-14,17-20H2,1-6H3,(H,34,43)(H2,35,37,38,40)/t24?,31-,32?,33?/m0/s1. The fourth-order valence-corrected chi connectivity index (χ4v) is 8.11. The molecule has 3 aliphatic heterocycles. The molecule has 1 saturated carbocycles. The SMILES string of the molecule is CCS(=O)(=O)Nc1n[nH]c(C2C3(CNC(=O)OC(C)(C)C)COC2(c2nc4c(C)cc(N5CC[C@](C)(c6ccccc6)C5)cn4n2)C3)n1. The van der Waals surface area contributed by atoms with E-state index in [1.807, 2.05) is 38.4 Å². The number of hydrogen-bond acceptors (Lipinski definition) is 10. The molecule has 1 aliphatic carbocycles. The van der Waals surface area contributed by atoms with E-state index in [1.165, 1.54) is 12.5 Å². The summed E-state index contributed by atoms with van der Waals surface area (Å²) in [5, 5.41) is 15.0. The van der Waals surface area contributed by atoms with Gasteiger partial charge in [0.2, 0.25) is 10.0 Å². The number of carbonyl (C=O) groups is 1. The van der Waals surface area contributed by atoms with Crippen LogP contribution < -0.4 is 14.9 Å². The Morgan fingerprint density at radius 2 is 1.98 bits per heavy atom. The Morgan fingerprint density at radius 1 is 1.21 bits per heavy atom. The number of aromatic nitrogens is 6. The monoisotopic (exact) mass is 677 g/mol. The van der Waals surface area contributed by atoms with Gasteiger partial charge in [-0.05, 0) is 64.7 Å². The number of aromatic amines is 1. The molecule has 6 heterocycles. The lowest BCUT2D eigenvalue weighted by Crippen LogP contribution is -2.56. The van der Waals surface area contributed by atoms with E-state index in [2.05, 4.69) is 73.4 Å². The van der Waals surface area contributed by atoms with Gasteiger partial charge in [-0.2, -0.15) is 4.98 Å². The number of carbonyl (C=O) groups excluding carboxylic acids is 1. The molecule has 256 valence electrons. The van der Waals surface area contributed by atoms with Gasteiger partial charge in [0.1, 0.15) is 17.0 Å². The molecule has 15 heteroatoms. The summed E-state index contributed by atoms with van der Waals surface area (Å²) >= 11 is 0. The molecule has 1 aromatic carbocycles. The predicted octanol–water partition coefficient (Wildman–Crippen LogP) is 4.01. The minimum absolute atomic E-state index is 0.0470. The van der Waals surface area contributed by atoms with Gasteiger partial charge in [0.25, 0.3) is 5.95 Å². The number of pyridine rings is 1. The minimum Gasteiger partial charge on any atom is -0.444 e. The van der Waals surface area contributed by atoms with Crippen LogP contribution in [0.1, 0.15) is 76.2 Å². The number of fused-ring (bicyclic) bond motifs is 2. The van der Waals surface area contributed by atoms with Crippen LogP contribution >= 0.6 is 0 Å². The Hall–Kier alpha value is -4.24. The van der Waals surface area contributed by atoms with Crippen molar-refractivity contribution in [1.29, 1.82) is 0 Å². The smallest absolute Gasteiger partial charge is 0.407 e. The van der Waals surface area contributed by atoms with Crippen LogP contribution in [-0.2, 0) is 30.5 Å². The molecular formula is C33H43N9O5S. The van der Waals surface area contributed by atoms with Crippen LogP contribution in [-0.4, -0.2) is 81.9 Å². The molecule has 0 spiro atoms. The molecule has 8 rings (SSSR count). The number of aryl methyl sites for hydroxylation is 1. The summed E-state index contributed by atoms with van der Waals surface area (Å²) in [6, 6.07) is 12.8. The maximum atomic E-state index is 12.7. The molecule has 2 bridgehead atoms. The first kappa shape index (κ1) is 32.3. The summed E-state index contributed by atoms with van der Waals surface area (Å²) in [5.74, 6) is 0.301. The van der Waals surface area contributed by atoms with Crippen molar-refractivity contribution in [3.8, 4) is 0 Å². The summed E-state index contributed by atoms with van der Waals surface area (Å²) in [6.07, 6.45) is 3.05. The van der Waals surface area contributed by atoms with Crippen molar-refractivity contribution in [3.63, 3.8) is 0 Å². The Balaban J connectivity index is 1.20. The topological polar surface area (TPSA) is 169 Å². The number of nitrogens with one attached hydrogen (secondary N) is 3. The van der Waals surface area contributed by atoms with Gasteiger partial charge in [0.15, 0.2) is 11.5 Å². The number of nitrogens with zero attached hydrogens (tertiary/aromatic N) is 6. The van der Waals surface area contributed by atoms with Crippen LogP contribution in [0.4, 0.5) is 16.4 Å². The lowest BCUT2D eigenvalue weighted by molar-refractivity contribution is -0.0577. The Bertz CT molecular complexity index is 1970. The second-order valence-corrected chi connectivity index (χ2v) is 16.7. The first-order valence-electron chi connectivity index (χ1n) is 16.4. The van der Waals surface area contributed by atoms with Gasteiger partial charge in [-0.15, -0.1) is 10.2 Å². The largest absolute Gasteiger partial charge is 0.444 e. The molecule has 14 nitrogen and oxygen atoms in total. The Kier molecular flexibility index (Phi) is 7.51. The van der Waals surface area contributed by atoms with E-state index in [1.54, 1.807) is 0 Å². The van der Waals surface area contributed by atoms with Crippen molar-refractivity contribution >= 4 is 33.4 Å². The highest BCUT2D eigenvalue weighted by Gasteiger charge is 2.74. The number of H-pyrrole nitrogens is 1. The van der Waals surface area contributed by atoms with Crippen molar-refractivity contribution in [2.24, 2.45) is 5.41 Å². The summed E-state index contributed by atoms with van der Waals surface area (Å²) in [7, 11) is -3.59. The number of rotatable bonds is 9. The van der Waals surface area contributed by atoms with E-state index in [0.29, 0.717) is 24.7 Å². The zero-order valence-electron chi connectivity index (χ0n) is 28.2. The Labute approximate surface area is 280 Å². The predicted molar refractivity (Wildman–Crippen MR) is 179 cm³/mol. The van der Waals surface area contributed by atoms with Crippen molar-refractivity contribution in [1.82, 2.24) is 35.1 Å². The zero-order valence-corrected chi connectivity index (χ0v) is 29.0. The summed E-state index contributed by atoms with van der Waals surface area (Å²) < 4.78 is 40.8. The molecule has 3 aromatic heterocycles. The molecule has 4 aromatic rings. The fraction of sp³-hybridized carbons (Fsp3) is 0.545. The molecule has 3 unspecified atom stereocenters. The number of sulfonamides is 1. The lowest BCUT2D eigenvalue weighted by Gasteiger charge is -2.50. The van der Waals surface area contributed by atoms with Crippen LogP contribution in [0.25, 0.3) is 5.65 Å². The maximum Gasteiger partial charge on any atom is 0.407 e. The van der Waals surface area contributed by atoms with Crippen molar-refractivity contribution < 1.29 is 22.7 Å². The highest BCUT2D eigenvalue weighted by Crippen LogP contribution is 2.70. The van der Waals surface area contributed by atoms with Gasteiger partial charge in [0.05, 0.1) is 30.2 Å². The van der Waals surface area contributed by atoms with Crippen LogP contribution in [0.3, 0.4) is 0 Å². The summed E-state index contributed by atoms with van der Waals surface area (Å²) in [6.45, 7) is 13.7. The van der Waals surface area contributed by atoms with E-state index in [4.69, 9.17) is 19.6 Å². The van der Waals surface area contributed by atoms with Gasteiger partial charge in [-0.1, -0.05) is 37.3 Å². The van der Waals surface area contributed by atoms with E-state index in [0.717, 1.165) is 36.4 Å². The van der Waals surface area contributed by atoms with Crippen molar-refractivity contribution in [3.05, 3.63) is 65.4 Å². The van der Waals surface area contributed by atoms with E-state index in [9.17, 15) is 13.2 Å². The molecule has 0 radical (unpaired) electrons. The quantitative estimate of drug-likeness (QED) is 0.235. The highest BCUT2D eigenvalue weighted by atomic mass is 32.2.